The van der Waals surface area contributed by atoms with Gasteiger partial charge in [-0.1, -0.05) is 18.2 Å². The summed E-state index contributed by atoms with van der Waals surface area (Å²) in [6, 6.07) is 9.68. The monoisotopic (exact) mass is 346 g/mol. The third kappa shape index (κ3) is 6.01. The largest absolute Gasteiger partial charge is 0.493 e. The van der Waals surface area contributed by atoms with Crippen molar-refractivity contribution >= 4 is 5.91 Å². The molecule has 1 aromatic rings. The van der Waals surface area contributed by atoms with Crippen LogP contribution in [0.5, 0.6) is 5.75 Å². The van der Waals surface area contributed by atoms with Gasteiger partial charge in [0.25, 0.3) is 0 Å². The molecule has 2 fully saturated rings. The van der Waals surface area contributed by atoms with Crippen LogP contribution in [0.1, 0.15) is 32.1 Å². The summed E-state index contributed by atoms with van der Waals surface area (Å²) in [6.07, 6.45) is 5.53. The van der Waals surface area contributed by atoms with Crippen LogP contribution in [0.3, 0.4) is 0 Å². The van der Waals surface area contributed by atoms with Crippen LogP contribution in [-0.2, 0) is 9.53 Å². The second kappa shape index (κ2) is 9.78. The molecule has 0 aromatic heterocycles. The lowest BCUT2D eigenvalue weighted by molar-refractivity contribution is -0.131. The highest BCUT2D eigenvalue weighted by Crippen LogP contribution is 2.15. The molecule has 2 saturated heterocycles. The zero-order chi connectivity index (χ0) is 17.3. The van der Waals surface area contributed by atoms with E-state index in [1.54, 1.807) is 0 Å². The summed E-state index contributed by atoms with van der Waals surface area (Å²) in [7, 11) is 0. The van der Waals surface area contributed by atoms with E-state index in [0.29, 0.717) is 19.1 Å². The van der Waals surface area contributed by atoms with Crippen molar-refractivity contribution in [1.82, 2.24) is 9.80 Å². The molecule has 1 unspecified atom stereocenters. The molecule has 1 atom stereocenters. The van der Waals surface area contributed by atoms with E-state index >= 15 is 0 Å². The van der Waals surface area contributed by atoms with Gasteiger partial charge in [0.2, 0.25) is 5.91 Å². The molecule has 3 rings (SSSR count). The van der Waals surface area contributed by atoms with Gasteiger partial charge in [-0.3, -0.25) is 9.69 Å². The maximum absolute atomic E-state index is 12.4. The average Bonchev–Trinajstić information content (AvgIpc) is 2.89. The molecule has 0 radical (unpaired) electrons. The Morgan fingerprint density at radius 2 is 1.96 bits per heavy atom. The summed E-state index contributed by atoms with van der Waals surface area (Å²) in [5.74, 6) is 1.02. The Balaban J connectivity index is 1.37. The van der Waals surface area contributed by atoms with Gasteiger partial charge in [-0.15, -0.1) is 0 Å². The van der Waals surface area contributed by atoms with Crippen LogP contribution >= 0.6 is 0 Å². The molecule has 0 bridgehead atoms. The highest BCUT2D eigenvalue weighted by atomic mass is 16.5. The minimum atomic E-state index is 0.201. The van der Waals surface area contributed by atoms with Gasteiger partial charge in [0.1, 0.15) is 5.75 Å². The first-order chi connectivity index (χ1) is 12.3. The summed E-state index contributed by atoms with van der Waals surface area (Å²) >= 11 is 0. The molecule has 25 heavy (non-hydrogen) atoms. The van der Waals surface area contributed by atoms with E-state index in [2.05, 4.69) is 4.90 Å². The molecule has 1 amide bonds. The lowest BCUT2D eigenvalue weighted by atomic mass is 10.1. The van der Waals surface area contributed by atoms with E-state index in [9.17, 15) is 4.79 Å². The number of nitrogens with zero attached hydrogens (tertiary/aromatic N) is 2. The molecule has 2 aliphatic heterocycles. The second-order valence-electron chi connectivity index (χ2n) is 6.94. The predicted octanol–water partition coefficient (Wildman–Crippen LogP) is 2.56. The van der Waals surface area contributed by atoms with Crippen molar-refractivity contribution in [1.29, 1.82) is 0 Å². The minimum Gasteiger partial charge on any atom is -0.493 e. The number of hydrogen-bond donors (Lipinski definition) is 0. The molecule has 0 N–H and O–H groups in total. The van der Waals surface area contributed by atoms with E-state index in [0.717, 1.165) is 51.5 Å². The summed E-state index contributed by atoms with van der Waals surface area (Å²) in [5.41, 5.74) is 0. The average molecular weight is 346 g/mol. The van der Waals surface area contributed by atoms with Crippen molar-refractivity contribution in [3.8, 4) is 5.75 Å². The first-order valence-corrected chi connectivity index (χ1v) is 9.61. The van der Waals surface area contributed by atoms with Crippen LogP contribution in [0.25, 0.3) is 0 Å². The molecule has 2 aliphatic rings. The van der Waals surface area contributed by atoms with Crippen molar-refractivity contribution in [3.05, 3.63) is 30.3 Å². The summed E-state index contributed by atoms with van der Waals surface area (Å²) in [4.78, 5) is 16.9. The van der Waals surface area contributed by atoms with Crippen molar-refractivity contribution in [2.45, 2.75) is 38.2 Å². The maximum atomic E-state index is 12.4. The highest BCUT2D eigenvalue weighted by molar-refractivity contribution is 5.76. The summed E-state index contributed by atoms with van der Waals surface area (Å²) < 4.78 is 11.5. The number of para-hydroxylation sites is 1. The number of rotatable bonds is 6. The van der Waals surface area contributed by atoms with Gasteiger partial charge >= 0.3 is 0 Å². The normalized spacial score (nSPS) is 22.4. The van der Waals surface area contributed by atoms with Crippen LogP contribution in [0.15, 0.2) is 30.3 Å². The zero-order valence-corrected chi connectivity index (χ0v) is 15.1. The van der Waals surface area contributed by atoms with Crippen LogP contribution < -0.4 is 4.74 Å². The van der Waals surface area contributed by atoms with Gasteiger partial charge in [0.15, 0.2) is 0 Å². The molecule has 0 spiro atoms. The topological polar surface area (TPSA) is 42.0 Å². The van der Waals surface area contributed by atoms with Gasteiger partial charge in [0, 0.05) is 32.8 Å². The fourth-order valence-corrected chi connectivity index (χ4v) is 3.57. The van der Waals surface area contributed by atoms with Gasteiger partial charge in [-0.25, -0.2) is 0 Å². The lowest BCUT2D eigenvalue weighted by Gasteiger charge is -2.29. The number of carbonyl (C=O) groups excluding carboxylic acids is 1. The number of amides is 1. The Morgan fingerprint density at radius 3 is 2.76 bits per heavy atom. The molecule has 2 heterocycles. The van der Waals surface area contributed by atoms with Crippen LogP contribution in [0, 0.1) is 0 Å². The van der Waals surface area contributed by atoms with Gasteiger partial charge in [-0.2, -0.15) is 0 Å². The van der Waals surface area contributed by atoms with Crippen molar-refractivity contribution in [2.75, 3.05) is 45.9 Å². The lowest BCUT2D eigenvalue weighted by Crippen LogP contribution is -2.39. The Bertz CT molecular complexity index is 517. The zero-order valence-electron chi connectivity index (χ0n) is 15.1. The Hall–Kier alpha value is -1.59. The van der Waals surface area contributed by atoms with Crippen LogP contribution in [0.2, 0.25) is 0 Å². The SMILES string of the molecule is O=C(CCOc1ccccc1)N1CCCN(CC2CCCCO2)CC1. The molecular weight excluding hydrogens is 316 g/mol. The highest BCUT2D eigenvalue weighted by Gasteiger charge is 2.22. The predicted molar refractivity (Wildman–Crippen MR) is 97.8 cm³/mol. The minimum absolute atomic E-state index is 0.201. The van der Waals surface area contributed by atoms with Gasteiger partial charge < -0.3 is 14.4 Å². The van der Waals surface area contributed by atoms with E-state index in [1.807, 2.05) is 35.2 Å². The van der Waals surface area contributed by atoms with Crippen molar-refractivity contribution in [2.24, 2.45) is 0 Å². The fraction of sp³-hybridized carbons (Fsp3) is 0.650. The Kier molecular flexibility index (Phi) is 7.12. The van der Waals surface area contributed by atoms with E-state index in [-0.39, 0.29) is 5.91 Å². The first kappa shape index (κ1) is 18.2. The Labute approximate surface area is 150 Å². The van der Waals surface area contributed by atoms with Gasteiger partial charge in [0.05, 0.1) is 19.1 Å². The fourth-order valence-electron chi connectivity index (χ4n) is 3.57. The Morgan fingerprint density at radius 1 is 1.08 bits per heavy atom. The molecule has 5 nitrogen and oxygen atoms in total. The summed E-state index contributed by atoms with van der Waals surface area (Å²) in [6.45, 7) is 6.04. The van der Waals surface area contributed by atoms with Gasteiger partial charge in [-0.05, 0) is 44.4 Å². The maximum Gasteiger partial charge on any atom is 0.226 e. The van der Waals surface area contributed by atoms with Crippen molar-refractivity contribution < 1.29 is 14.3 Å². The number of hydrogen-bond acceptors (Lipinski definition) is 4. The third-order valence-corrected chi connectivity index (χ3v) is 5.00. The van der Waals surface area contributed by atoms with E-state index in [4.69, 9.17) is 9.47 Å². The molecule has 0 saturated carbocycles. The quantitative estimate of drug-likeness (QED) is 0.794. The number of carbonyl (C=O) groups is 1. The third-order valence-electron chi connectivity index (χ3n) is 5.00. The number of benzene rings is 1. The standard InChI is InChI=1S/C20H30N2O3/c23-20(10-16-25-18-7-2-1-3-8-18)22-12-6-11-21(13-14-22)17-19-9-4-5-15-24-19/h1-3,7-8,19H,4-6,9-17H2. The molecular formula is C20H30N2O3. The van der Waals surface area contributed by atoms with Crippen LogP contribution in [-0.4, -0.2) is 67.7 Å². The number of ether oxygens (including phenoxy) is 2. The second-order valence-corrected chi connectivity index (χ2v) is 6.94. The van der Waals surface area contributed by atoms with E-state index < -0.39 is 0 Å². The molecule has 1 aromatic carbocycles. The summed E-state index contributed by atoms with van der Waals surface area (Å²) in [5, 5.41) is 0. The first-order valence-electron chi connectivity index (χ1n) is 9.61. The van der Waals surface area contributed by atoms with Crippen LogP contribution in [0.4, 0.5) is 0 Å². The van der Waals surface area contributed by atoms with Crippen molar-refractivity contribution in [3.63, 3.8) is 0 Å². The molecule has 138 valence electrons. The van der Waals surface area contributed by atoms with E-state index in [1.165, 1.54) is 19.3 Å². The molecule has 0 aliphatic carbocycles. The smallest absolute Gasteiger partial charge is 0.226 e. The molecule has 5 heteroatoms.